The van der Waals surface area contributed by atoms with Crippen molar-refractivity contribution in [1.82, 2.24) is 5.32 Å². The van der Waals surface area contributed by atoms with Crippen LogP contribution in [-0.4, -0.2) is 30.3 Å². The molecule has 1 amide bonds. The molecule has 0 aromatic heterocycles. The van der Waals surface area contributed by atoms with E-state index in [2.05, 4.69) is 4.74 Å². The summed E-state index contributed by atoms with van der Waals surface area (Å²) in [6, 6.07) is 8.41. The monoisotopic (exact) mass is 432 g/mol. The highest BCUT2D eigenvalue weighted by Gasteiger charge is 2.63. The Morgan fingerprint density at radius 2 is 1.83 bits per heavy atom. The van der Waals surface area contributed by atoms with Crippen molar-refractivity contribution >= 4 is 29.2 Å². The maximum Gasteiger partial charge on any atom is 0.441 e. The van der Waals surface area contributed by atoms with Crippen LogP contribution in [0.5, 0.6) is 0 Å². The Balaban J connectivity index is 2.54. The molecular weight excluding hydrogens is 416 g/mol. The number of alkyl halides is 3. The fraction of sp³-hybridized carbons (Fsp3) is 0.263. The molecule has 1 atom stereocenters. The molecule has 5 nitrogen and oxygen atoms in total. The van der Waals surface area contributed by atoms with Gasteiger partial charge in [-0.2, -0.15) is 13.2 Å². The number of esters is 1. The summed E-state index contributed by atoms with van der Waals surface area (Å²) in [4.78, 5) is 24.9. The first kappa shape index (κ1) is 22.5. The van der Waals surface area contributed by atoms with Crippen LogP contribution < -0.4 is 10.6 Å². The van der Waals surface area contributed by atoms with E-state index in [1.165, 1.54) is 25.1 Å². The third kappa shape index (κ3) is 4.97. The van der Waals surface area contributed by atoms with Crippen LogP contribution in [0.3, 0.4) is 0 Å². The van der Waals surface area contributed by atoms with Crippen molar-refractivity contribution in [2.75, 3.05) is 11.9 Å². The topological polar surface area (TPSA) is 67.4 Å². The Labute approximate surface area is 169 Å². The molecule has 156 valence electrons. The molecule has 10 heteroatoms. The first-order valence-electron chi connectivity index (χ1n) is 8.36. The number of ether oxygens (including phenoxy) is 1. The van der Waals surface area contributed by atoms with Crippen LogP contribution in [0.1, 0.15) is 22.8 Å². The molecule has 2 N–H and O–H groups in total. The van der Waals surface area contributed by atoms with E-state index < -0.39 is 34.6 Å². The molecule has 29 heavy (non-hydrogen) atoms. The zero-order valence-corrected chi connectivity index (χ0v) is 16.1. The molecule has 0 saturated heterocycles. The quantitative estimate of drug-likeness (QED) is 0.402. The molecule has 0 heterocycles. The van der Waals surface area contributed by atoms with E-state index in [0.717, 1.165) is 18.2 Å². The number of hydrogen-bond donors (Lipinski definition) is 2. The van der Waals surface area contributed by atoms with Crippen molar-refractivity contribution in [2.45, 2.75) is 25.7 Å². The first-order chi connectivity index (χ1) is 13.5. The zero-order chi connectivity index (χ0) is 21.8. The number of nitrogens with one attached hydrogen (secondary N) is 2. The lowest BCUT2D eigenvalue weighted by atomic mass is 10.1. The number of carbonyl (C=O) groups excluding carboxylic acids is 2. The minimum atomic E-state index is -5.32. The highest BCUT2D eigenvalue weighted by Crippen LogP contribution is 2.34. The van der Waals surface area contributed by atoms with Crippen LogP contribution >= 0.6 is 11.6 Å². The minimum absolute atomic E-state index is 0.0955. The van der Waals surface area contributed by atoms with E-state index in [-0.39, 0.29) is 17.9 Å². The first-order valence-corrected chi connectivity index (χ1v) is 8.74. The van der Waals surface area contributed by atoms with E-state index in [9.17, 15) is 27.2 Å². The summed E-state index contributed by atoms with van der Waals surface area (Å²) in [5.74, 6) is -3.82. The number of anilines is 1. The minimum Gasteiger partial charge on any atom is -0.463 e. The van der Waals surface area contributed by atoms with Gasteiger partial charge in [0.2, 0.25) is 0 Å². The zero-order valence-electron chi connectivity index (χ0n) is 15.4. The Bertz CT molecular complexity index is 921. The standard InChI is InChI=1S/C19H17ClF4N2O3/c1-3-29-17(28)18(19(22,23)24,25-13-7-8-15(21)14(20)10-13)26-16(27)12-6-4-5-11(2)9-12/h4-10,25H,3H2,1-2H3,(H,26,27)/t18-/m1/s1. The van der Waals surface area contributed by atoms with E-state index in [4.69, 9.17) is 11.6 Å². The number of hydrogen-bond acceptors (Lipinski definition) is 4. The number of aryl methyl sites for hydroxylation is 1. The van der Waals surface area contributed by atoms with Crippen molar-refractivity contribution in [1.29, 1.82) is 0 Å². The summed E-state index contributed by atoms with van der Waals surface area (Å²) in [7, 11) is 0. The molecule has 2 aromatic carbocycles. The summed E-state index contributed by atoms with van der Waals surface area (Å²) in [5, 5.41) is 3.14. The van der Waals surface area contributed by atoms with Crippen LogP contribution in [0.15, 0.2) is 42.5 Å². The molecule has 0 aliphatic carbocycles. The molecule has 0 radical (unpaired) electrons. The van der Waals surface area contributed by atoms with Gasteiger partial charge in [-0.3, -0.25) is 4.79 Å². The van der Waals surface area contributed by atoms with Gasteiger partial charge in [0, 0.05) is 11.3 Å². The number of amides is 1. The number of carbonyl (C=O) groups is 2. The lowest BCUT2D eigenvalue weighted by Gasteiger charge is -2.35. The lowest BCUT2D eigenvalue weighted by molar-refractivity contribution is -0.204. The van der Waals surface area contributed by atoms with Crippen molar-refractivity contribution in [3.63, 3.8) is 0 Å². The summed E-state index contributed by atoms with van der Waals surface area (Å²) in [6.45, 7) is 2.59. The second kappa shape index (κ2) is 8.69. The van der Waals surface area contributed by atoms with Crippen LogP contribution in [0.2, 0.25) is 5.02 Å². The van der Waals surface area contributed by atoms with Crippen molar-refractivity contribution in [3.8, 4) is 0 Å². The molecule has 0 spiro atoms. The van der Waals surface area contributed by atoms with Gasteiger partial charge in [-0.05, 0) is 44.2 Å². The van der Waals surface area contributed by atoms with Crippen LogP contribution in [0, 0.1) is 12.7 Å². The molecule has 0 aliphatic heterocycles. The Morgan fingerprint density at radius 1 is 1.14 bits per heavy atom. The molecule has 2 rings (SSSR count). The van der Waals surface area contributed by atoms with Crippen molar-refractivity contribution < 1.29 is 31.9 Å². The number of rotatable bonds is 6. The predicted octanol–water partition coefficient (Wildman–Crippen LogP) is 4.45. The fourth-order valence-corrected chi connectivity index (χ4v) is 2.63. The molecule has 2 aromatic rings. The summed E-state index contributed by atoms with van der Waals surface area (Å²) in [5.41, 5.74) is -3.46. The summed E-state index contributed by atoms with van der Waals surface area (Å²) in [6.07, 6.45) is -5.32. The second-order valence-electron chi connectivity index (χ2n) is 6.05. The average Bonchev–Trinajstić information content (AvgIpc) is 2.63. The van der Waals surface area contributed by atoms with E-state index in [1.54, 1.807) is 18.3 Å². The fourth-order valence-electron chi connectivity index (χ4n) is 2.45. The second-order valence-corrected chi connectivity index (χ2v) is 6.45. The van der Waals surface area contributed by atoms with Gasteiger partial charge >= 0.3 is 17.8 Å². The molecule has 0 unspecified atom stereocenters. The largest absolute Gasteiger partial charge is 0.463 e. The maximum absolute atomic E-state index is 14.1. The number of halogens is 5. The van der Waals surface area contributed by atoms with Crippen LogP contribution in [0.4, 0.5) is 23.2 Å². The lowest BCUT2D eigenvalue weighted by Crippen LogP contribution is -2.69. The van der Waals surface area contributed by atoms with Gasteiger partial charge in [0.25, 0.3) is 5.91 Å². The Hall–Kier alpha value is -2.81. The van der Waals surface area contributed by atoms with Gasteiger partial charge in [0.15, 0.2) is 0 Å². The maximum atomic E-state index is 14.1. The Kier molecular flexibility index (Phi) is 6.73. The summed E-state index contributed by atoms with van der Waals surface area (Å²) < 4.78 is 60.2. The van der Waals surface area contributed by atoms with Crippen molar-refractivity contribution in [2.24, 2.45) is 0 Å². The molecule has 0 saturated carbocycles. The number of benzene rings is 2. The van der Waals surface area contributed by atoms with E-state index >= 15 is 0 Å². The van der Waals surface area contributed by atoms with Gasteiger partial charge in [-0.25, -0.2) is 9.18 Å². The molecule has 0 fully saturated rings. The average molecular weight is 433 g/mol. The Morgan fingerprint density at radius 3 is 2.38 bits per heavy atom. The van der Waals surface area contributed by atoms with Gasteiger partial charge < -0.3 is 15.4 Å². The molecular formula is C19H17ClF4N2O3. The SMILES string of the molecule is CCOC(=O)[C@](NC(=O)c1cccc(C)c1)(Nc1ccc(F)c(Cl)c1)C(F)(F)F. The van der Waals surface area contributed by atoms with E-state index in [1.807, 2.05) is 5.32 Å². The van der Waals surface area contributed by atoms with E-state index in [0.29, 0.717) is 5.56 Å². The highest BCUT2D eigenvalue weighted by molar-refractivity contribution is 6.31. The normalized spacial score (nSPS) is 13.3. The van der Waals surface area contributed by atoms with Crippen LogP contribution in [-0.2, 0) is 9.53 Å². The van der Waals surface area contributed by atoms with Gasteiger partial charge in [0.05, 0.1) is 11.6 Å². The third-order valence-electron chi connectivity index (χ3n) is 3.84. The smallest absolute Gasteiger partial charge is 0.441 e. The van der Waals surface area contributed by atoms with Gasteiger partial charge in [0.1, 0.15) is 5.82 Å². The molecule has 0 aliphatic rings. The molecule has 0 bridgehead atoms. The highest BCUT2D eigenvalue weighted by atomic mass is 35.5. The third-order valence-corrected chi connectivity index (χ3v) is 4.13. The van der Waals surface area contributed by atoms with Crippen LogP contribution in [0.25, 0.3) is 0 Å². The summed E-state index contributed by atoms with van der Waals surface area (Å²) >= 11 is 5.62. The van der Waals surface area contributed by atoms with Gasteiger partial charge in [-0.1, -0.05) is 29.3 Å². The van der Waals surface area contributed by atoms with Gasteiger partial charge in [-0.15, -0.1) is 0 Å². The predicted molar refractivity (Wildman–Crippen MR) is 99.1 cm³/mol. The van der Waals surface area contributed by atoms with Crippen molar-refractivity contribution in [3.05, 3.63) is 64.4 Å².